The molecule has 2 nitrogen and oxygen atoms in total. The molecular formula is C24H16N2. The number of hydrogen-bond acceptors (Lipinski definition) is 2. The van der Waals surface area contributed by atoms with Gasteiger partial charge < -0.3 is 0 Å². The lowest BCUT2D eigenvalue weighted by Crippen LogP contribution is -1.90. The van der Waals surface area contributed by atoms with E-state index in [-0.39, 0.29) is 0 Å². The van der Waals surface area contributed by atoms with Gasteiger partial charge in [-0.15, -0.1) is 0 Å². The van der Waals surface area contributed by atoms with E-state index in [9.17, 15) is 0 Å². The van der Waals surface area contributed by atoms with E-state index in [1.165, 1.54) is 44.0 Å². The number of aryl methyl sites for hydroxylation is 1. The van der Waals surface area contributed by atoms with Crippen molar-refractivity contribution in [2.75, 3.05) is 0 Å². The highest BCUT2D eigenvalue weighted by Crippen LogP contribution is 2.44. The molecule has 2 heteroatoms. The maximum atomic E-state index is 4.83. The highest BCUT2D eigenvalue weighted by Gasteiger charge is 2.24. The number of fused-ring (bicyclic) bond motifs is 8. The van der Waals surface area contributed by atoms with Crippen LogP contribution in [0.2, 0.25) is 0 Å². The first-order valence-electron chi connectivity index (χ1n) is 8.98. The zero-order valence-corrected chi connectivity index (χ0v) is 14.5. The molecule has 1 aliphatic carbocycles. The Morgan fingerprint density at radius 1 is 0.731 bits per heavy atom. The molecule has 2 heterocycles. The quantitative estimate of drug-likeness (QED) is 0.328. The van der Waals surface area contributed by atoms with Gasteiger partial charge in [0.2, 0.25) is 0 Å². The van der Waals surface area contributed by atoms with Crippen molar-refractivity contribution in [2.45, 2.75) is 13.3 Å². The Morgan fingerprint density at radius 2 is 1.62 bits per heavy atom. The minimum Gasteiger partial charge on any atom is -0.254 e. The number of benzene rings is 3. The van der Waals surface area contributed by atoms with Gasteiger partial charge in [-0.05, 0) is 58.5 Å². The van der Waals surface area contributed by atoms with Crippen molar-refractivity contribution in [1.82, 2.24) is 9.97 Å². The highest BCUT2D eigenvalue weighted by molar-refractivity contribution is 6.07. The van der Waals surface area contributed by atoms with Crippen molar-refractivity contribution in [2.24, 2.45) is 0 Å². The molecule has 0 unspecified atom stereocenters. The van der Waals surface area contributed by atoms with E-state index >= 15 is 0 Å². The molecule has 0 radical (unpaired) electrons. The lowest BCUT2D eigenvalue weighted by Gasteiger charge is -2.09. The lowest BCUT2D eigenvalue weighted by atomic mass is 9.95. The first-order valence-corrected chi connectivity index (χ1v) is 8.98. The summed E-state index contributed by atoms with van der Waals surface area (Å²) in [6, 6.07) is 19.4. The predicted molar refractivity (Wildman–Crippen MR) is 108 cm³/mol. The summed E-state index contributed by atoms with van der Waals surface area (Å²) in [7, 11) is 0. The molecule has 0 fully saturated rings. The first-order chi connectivity index (χ1) is 12.8. The SMILES string of the molecule is Cc1c2c(cc3ccccc13)-c1cnc3c(ccc4cccnc43)c1C2. The molecule has 0 atom stereocenters. The van der Waals surface area contributed by atoms with Gasteiger partial charge >= 0.3 is 0 Å². The van der Waals surface area contributed by atoms with Crippen molar-refractivity contribution in [3.05, 3.63) is 83.7 Å². The van der Waals surface area contributed by atoms with Gasteiger partial charge in [-0.2, -0.15) is 0 Å². The molecule has 0 spiro atoms. The van der Waals surface area contributed by atoms with Crippen LogP contribution in [-0.4, -0.2) is 9.97 Å². The van der Waals surface area contributed by atoms with Crippen LogP contribution in [0, 0.1) is 6.92 Å². The molecule has 0 bridgehead atoms. The summed E-state index contributed by atoms with van der Waals surface area (Å²) >= 11 is 0. The van der Waals surface area contributed by atoms with E-state index < -0.39 is 0 Å². The standard InChI is InChI=1S/C24H16N2/c1-14-17-7-3-2-5-16(17)11-20-19(14)12-21-18-9-8-15-6-4-10-25-23(15)24(18)26-13-22(20)21/h2-11,13H,12H2,1H3. The van der Waals surface area contributed by atoms with E-state index in [1.54, 1.807) is 0 Å². The minimum atomic E-state index is 0.971. The fourth-order valence-corrected chi connectivity index (χ4v) is 4.50. The largest absolute Gasteiger partial charge is 0.254 e. The van der Waals surface area contributed by atoms with Crippen molar-refractivity contribution in [1.29, 1.82) is 0 Å². The Balaban J connectivity index is 1.71. The molecule has 26 heavy (non-hydrogen) atoms. The second kappa shape index (κ2) is 4.89. The number of aromatic nitrogens is 2. The molecule has 0 saturated carbocycles. The van der Waals surface area contributed by atoms with Gasteiger partial charge in [-0.3, -0.25) is 9.97 Å². The average Bonchev–Trinajstić information content (AvgIpc) is 3.07. The zero-order valence-electron chi connectivity index (χ0n) is 14.5. The van der Waals surface area contributed by atoms with Crippen molar-refractivity contribution in [3.63, 3.8) is 0 Å². The summed E-state index contributed by atoms with van der Waals surface area (Å²) in [5.74, 6) is 0. The summed E-state index contributed by atoms with van der Waals surface area (Å²) in [4.78, 5) is 9.41. The maximum absolute atomic E-state index is 4.83. The summed E-state index contributed by atoms with van der Waals surface area (Å²) < 4.78 is 0. The third-order valence-electron chi connectivity index (χ3n) is 5.81. The van der Waals surface area contributed by atoms with E-state index in [0.29, 0.717) is 0 Å². The van der Waals surface area contributed by atoms with Gasteiger partial charge in [0.1, 0.15) is 0 Å². The first kappa shape index (κ1) is 14.0. The Labute approximate surface area is 151 Å². The van der Waals surface area contributed by atoms with Gasteiger partial charge in [0.05, 0.1) is 11.0 Å². The lowest BCUT2D eigenvalue weighted by molar-refractivity contribution is 1.24. The van der Waals surface area contributed by atoms with Crippen molar-refractivity contribution >= 4 is 32.6 Å². The smallest absolute Gasteiger partial charge is 0.0967 e. The Morgan fingerprint density at radius 3 is 2.58 bits per heavy atom. The van der Waals surface area contributed by atoms with Crippen LogP contribution in [0.25, 0.3) is 43.7 Å². The van der Waals surface area contributed by atoms with E-state index in [2.05, 4.69) is 60.4 Å². The summed E-state index contributed by atoms with van der Waals surface area (Å²) in [5.41, 5.74) is 8.83. The maximum Gasteiger partial charge on any atom is 0.0967 e. The number of rotatable bonds is 0. The topological polar surface area (TPSA) is 25.8 Å². The van der Waals surface area contributed by atoms with Crippen molar-refractivity contribution in [3.8, 4) is 11.1 Å². The molecule has 1 aliphatic rings. The molecule has 0 aliphatic heterocycles. The molecule has 2 aromatic heterocycles. The summed E-state index contributed by atoms with van der Waals surface area (Å²) in [5, 5.41) is 5.03. The van der Waals surface area contributed by atoms with Gasteiger partial charge in [0.25, 0.3) is 0 Å². The van der Waals surface area contributed by atoms with E-state index in [4.69, 9.17) is 4.98 Å². The van der Waals surface area contributed by atoms with Crippen LogP contribution in [0.4, 0.5) is 0 Å². The minimum absolute atomic E-state index is 0.971. The number of pyridine rings is 2. The van der Waals surface area contributed by atoms with Gasteiger partial charge in [0, 0.05) is 28.7 Å². The Bertz CT molecular complexity index is 1370. The van der Waals surface area contributed by atoms with Gasteiger partial charge in [0.15, 0.2) is 0 Å². The third kappa shape index (κ3) is 1.71. The molecule has 122 valence electrons. The molecule has 0 saturated heterocycles. The molecular weight excluding hydrogens is 316 g/mol. The average molecular weight is 332 g/mol. The van der Waals surface area contributed by atoms with Crippen LogP contribution in [-0.2, 0) is 6.42 Å². The molecule has 5 aromatic rings. The van der Waals surface area contributed by atoms with Crippen LogP contribution >= 0.6 is 0 Å². The van der Waals surface area contributed by atoms with Crippen LogP contribution in [0.15, 0.2) is 67.0 Å². The number of nitrogens with zero attached hydrogens (tertiary/aromatic N) is 2. The second-order valence-electron chi connectivity index (χ2n) is 7.11. The Hall–Kier alpha value is -3.26. The second-order valence-corrected chi connectivity index (χ2v) is 7.11. The van der Waals surface area contributed by atoms with Crippen LogP contribution in [0.5, 0.6) is 0 Å². The van der Waals surface area contributed by atoms with E-state index in [1.807, 2.05) is 18.5 Å². The van der Waals surface area contributed by atoms with E-state index in [0.717, 1.165) is 22.8 Å². The third-order valence-corrected chi connectivity index (χ3v) is 5.81. The molecule has 0 amide bonds. The fraction of sp³-hybridized carbons (Fsp3) is 0.0833. The van der Waals surface area contributed by atoms with Crippen LogP contribution in [0.1, 0.15) is 16.7 Å². The van der Waals surface area contributed by atoms with Gasteiger partial charge in [-0.25, -0.2) is 0 Å². The predicted octanol–water partition coefficient (Wildman–Crippen LogP) is 5.82. The molecule has 6 rings (SSSR count). The fourth-order valence-electron chi connectivity index (χ4n) is 4.50. The Kier molecular flexibility index (Phi) is 2.63. The highest BCUT2D eigenvalue weighted by atomic mass is 14.7. The summed E-state index contributed by atoms with van der Waals surface area (Å²) in [6.07, 6.45) is 4.87. The van der Waals surface area contributed by atoms with Crippen LogP contribution < -0.4 is 0 Å². The monoisotopic (exact) mass is 332 g/mol. The van der Waals surface area contributed by atoms with Crippen molar-refractivity contribution < 1.29 is 0 Å². The normalized spacial score (nSPS) is 12.7. The molecule has 0 N–H and O–H groups in total. The van der Waals surface area contributed by atoms with Crippen LogP contribution in [0.3, 0.4) is 0 Å². The zero-order chi connectivity index (χ0) is 17.3. The number of hydrogen-bond donors (Lipinski definition) is 0. The molecule has 3 aromatic carbocycles. The summed E-state index contributed by atoms with van der Waals surface area (Å²) in [6.45, 7) is 2.25. The van der Waals surface area contributed by atoms with Gasteiger partial charge in [-0.1, -0.05) is 42.5 Å².